The molecule has 1 heterocycles. The number of rotatable bonds is 0. The second kappa shape index (κ2) is 2.99. The Morgan fingerprint density at radius 1 is 1.27 bits per heavy atom. The Morgan fingerprint density at radius 3 is 2.53 bits per heavy atom. The first-order valence-electron chi connectivity index (χ1n) is 5.12. The predicted octanol–water partition coefficient (Wildman–Crippen LogP) is 2.45. The third kappa shape index (κ3) is 1.58. The molecule has 2 aromatic rings. The largest absolute Gasteiger partial charge is 0.399 e. The van der Waals surface area contributed by atoms with Gasteiger partial charge in [-0.15, -0.1) is 0 Å². The van der Waals surface area contributed by atoms with Crippen LogP contribution in [-0.2, 0) is 12.5 Å². The van der Waals surface area contributed by atoms with E-state index in [0.29, 0.717) is 0 Å². The highest BCUT2D eigenvalue weighted by Gasteiger charge is 2.21. The van der Waals surface area contributed by atoms with Gasteiger partial charge in [-0.2, -0.15) is 5.10 Å². The molecule has 2 N–H and O–H groups in total. The molecule has 0 aliphatic carbocycles. The van der Waals surface area contributed by atoms with Crippen molar-refractivity contribution < 1.29 is 0 Å². The third-order valence-electron chi connectivity index (χ3n) is 2.57. The molecule has 0 saturated carbocycles. The summed E-state index contributed by atoms with van der Waals surface area (Å²) in [6.07, 6.45) is 0. The van der Waals surface area contributed by atoms with Crippen LogP contribution in [0.2, 0.25) is 0 Å². The molecule has 2 rings (SSSR count). The molecule has 0 unspecified atom stereocenters. The van der Waals surface area contributed by atoms with Crippen molar-refractivity contribution in [3.05, 3.63) is 23.9 Å². The SMILES string of the molecule is Cn1nc2ccc(N)cc2c1C(C)(C)C. The van der Waals surface area contributed by atoms with E-state index in [1.165, 1.54) is 5.69 Å². The van der Waals surface area contributed by atoms with Gasteiger partial charge in [0, 0.05) is 23.5 Å². The maximum absolute atomic E-state index is 5.81. The summed E-state index contributed by atoms with van der Waals surface area (Å²) < 4.78 is 1.95. The minimum absolute atomic E-state index is 0.0806. The zero-order valence-electron chi connectivity index (χ0n) is 9.70. The lowest BCUT2D eigenvalue weighted by atomic mass is 9.89. The molecular formula is C12H17N3. The van der Waals surface area contributed by atoms with Crippen LogP contribution in [0.5, 0.6) is 0 Å². The van der Waals surface area contributed by atoms with Crippen LogP contribution < -0.4 is 5.73 Å². The van der Waals surface area contributed by atoms with Crippen LogP contribution in [0.1, 0.15) is 26.5 Å². The number of anilines is 1. The van der Waals surface area contributed by atoms with Crippen LogP contribution in [0.15, 0.2) is 18.2 Å². The Labute approximate surface area is 89.9 Å². The van der Waals surface area contributed by atoms with Gasteiger partial charge in [-0.3, -0.25) is 4.68 Å². The Balaban J connectivity index is 2.82. The summed E-state index contributed by atoms with van der Waals surface area (Å²) in [6, 6.07) is 5.87. The topological polar surface area (TPSA) is 43.8 Å². The van der Waals surface area contributed by atoms with Gasteiger partial charge in [0.25, 0.3) is 0 Å². The highest BCUT2D eigenvalue weighted by atomic mass is 15.3. The summed E-state index contributed by atoms with van der Waals surface area (Å²) in [4.78, 5) is 0. The molecule has 15 heavy (non-hydrogen) atoms. The molecule has 3 heteroatoms. The average Bonchev–Trinajstić information content (AvgIpc) is 2.38. The Morgan fingerprint density at radius 2 is 1.93 bits per heavy atom. The van der Waals surface area contributed by atoms with Crippen LogP contribution in [0.25, 0.3) is 10.9 Å². The van der Waals surface area contributed by atoms with Crippen LogP contribution in [0, 0.1) is 0 Å². The predicted molar refractivity (Wildman–Crippen MR) is 63.8 cm³/mol. The van der Waals surface area contributed by atoms with E-state index in [0.717, 1.165) is 16.6 Å². The van der Waals surface area contributed by atoms with Gasteiger partial charge in [-0.25, -0.2) is 0 Å². The van der Waals surface area contributed by atoms with Gasteiger partial charge in [0.15, 0.2) is 0 Å². The number of nitrogens with two attached hydrogens (primary N) is 1. The number of aryl methyl sites for hydroxylation is 1. The number of fused-ring (bicyclic) bond motifs is 1. The van der Waals surface area contributed by atoms with Crippen molar-refractivity contribution in [2.45, 2.75) is 26.2 Å². The summed E-state index contributed by atoms with van der Waals surface area (Å²) >= 11 is 0. The minimum Gasteiger partial charge on any atom is -0.399 e. The Hall–Kier alpha value is -1.51. The standard InChI is InChI=1S/C12H17N3/c1-12(2,3)11-9-7-8(13)5-6-10(9)14-15(11)4/h5-7H,13H2,1-4H3. The summed E-state index contributed by atoms with van der Waals surface area (Å²) in [5.74, 6) is 0. The van der Waals surface area contributed by atoms with Gasteiger partial charge in [-0.1, -0.05) is 20.8 Å². The number of benzene rings is 1. The Bertz CT molecular complexity index is 503. The summed E-state index contributed by atoms with van der Waals surface area (Å²) in [6.45, 7) is 6.56. The van der Waals surface area contributed by atoms with E-state index in [4.69, 9.17) is 5.73 Å². The summed E-state index contributed by atoms with van der Waals surface area (Å²) in [5.41, 5.74) is 8.92. The van der Waals surface area contributed by atoms with Crippen molar-refractivity contribution in [1.82, 2.24) is 9.78 Å². The first-order chi connectivity index (χ1) is 6.89. The van der Waals surface area contributed by atoms with Gasteiger partial charge in [0.05, 0.1) is 11.2 Å². The van der Waals surface area contributed by atoms with Crippen molar-refractivity contribution in [3.63, 3.8) is 0 Å². The number of nitrogen functional groups attached to an aromatic ring is 1. The molecule has 0 atom stereocenters. The van der Waals surface area contributed by atoms with Crippen molar-refractivity contribution in [2.75, 3.05) is 5.73 Å². The molecule has 80 valence electrons. The lowest BCUT2D eigenvalue weighted by Gasteiger charge is -2.19. The van der Waals surface area contributed by atoms with Crippen LogP contribution in [-0.4, -0.2) is 9.78 Å². The molecule has 3 nitrogen and oxygen atoms in total. The zero-order chi connectivity index (χ0) is 11.2. The van der Waals surface area contributed by atoms with Gasteiger partial charge >= 0.3 is 0 Å². The maximum Gasteiger partial charge on any atom is 0.0927 e. The fourth-order valence-corrected chi connectivity index (χ4v) is 2.11. The van der Waals surface area contributed by atoms with E-state index < -0.39 is 0 Å². The van der Waals surface area contributed by atoms with Gasteiger partial charge in [-0.05, 0) is 18.2 Å². The summed E-state index contributed by atoms with van der Waals surface area (Å²) in [5, 5.41) is 5.64. The normalized spacial score (nSPS) is 12.3. The van der Waals surface area contributed by atoms with Crippen molar-refractivity contribution in [1.29, 1.82) is 0 Å². The van der Waals surface area contributed by atoms with Crippen LogP contribution >= 0.6 is 0 Å². The van der Waals surface area contributed by atoms with Gasteiger partial charge in [0.2, 0.25) is 0 Å². The van der Waals surface area contributed by atoms with Crippen molar-refractivity contribution in [3.8, 4) is 0 Å². The first-order valence-corrected chi connectivity index (χ1v) is 5.12. The lowest BCUT2D eigenvalue weighted by Crippen LogP contribution is -2.16. The highest BCUT2D eigenvalue weighted by molar-refractivity contribution is 5.85. The number of aromatic nitrogens is 2. The van der Waals surface area contributed by atoms with Crippen molar-refractivity contribution in [2.24, 2.45) is 7.05 Å². The molecule has 0 amide bonds. The number of nitrogens with zero attached hydrogens (tertiary/aromatic N) is 2. The third-order valence-corrected chi connectivity index (χ3v) is 2.57. The second-order valence-electron chi connectivity index (χ2n) is 5.00. The molecule has 0 aliphatic rings. The number of hydrogen-bond donors (Lipinski definition) is 1. The first kappa shape index (κ1) is 10.0. The molecule has 0 aliphatic heterocycles. The molecule has 1 aromatic heterocycles. The molecule has 1 aromatic carbocycles. The van der Waals surface area contributed by atoms with Gasteiger partial charge < -0.3 is 5.73 Å². The van der Waals surface area contributed by atoms with E-state index in [9.17, 15) is 0 Å². The molecule has 0 bridgehead atoms. The van der Waals surface area contributed by atoms with E-state index in [1.54, 1.807) is 0 Å². The smallest absolute Gasteiger partial charge is 0.0927 e. The zero-order valence-corrected chi connectivity index (χ0v) is 9.70. The van der Waals surface area contributed by atoms with Crippen molar-refractivity contribution >= 4 is 16.6 Å². The van der Waals surface area contributed by atoms with Gasteiger partial charge in [0.1, 0.15) is 0 Å². The maximum atomic E-state index is 5.81. The fraction of sp³-hybridized carbons (Fsp3) is 0.417. The average molecular weight is 203 g/mol. The minimum atomic E-state index is 0.0806. The van der Waals surface area contributed by atoms with E-state index in [2.05, 4.69) is 25.9 Å². The quantitative estimate of drug-likeness (QED) is 0.668. The number of hydrogen-bond acceptors (Lipinski definition) is 2. The van der Waals surface area contributed by atoms with E-state index in [1.807, 2.05) is 29.9 Å². The molecule has 0 spiro atoms. The monoisotopic (exact) mass is 203 g/mol. The Kier molecular flexibility index (Phi) is 2.00. The molecular weight excluding hydrogens is 186 g/mol. The lowest BCUT2D eigenvalue weighted by molar-refractivity contribution is 0.528. The highest BCUT2D eigenvalue weighted by Crippen LogP contribution is 2.30. The fourth-order valence-electron chi connectivity index (χ4n) is 2.11. The van der Waals surface area contributed by atoms with Crippen LogP contribution in [0.4, 0.5) is 5.69 Å². The molecule has 0 saturated heterocycles. The van der Waals surface area contributed by atoms with E-state index in [-0.39, 0.29) is 5.41 Å². The summed E-state index contributed by atoms with van der Waals surface area (Å²) in [7, 11) is 1.98. The second-order valence-corrected chi connectivity index (χ2v) is 5.00. The molecule has 0 fully saturated rings. The van der Waals surface area contributed by atoms with Crippen LogP contribution in [0.3, 0.4) is 0 Å². The van der Waals surface area contributed by atoms with E-state index >= 15 is 0 Å². The molecule has 0 radical (unpaired) electrons.